The highest BCUT2D eigenvalue weighted by Gasteiger charge is 2.46. The first-order chi connectivity index (χ1) is 17.2. The average molecular weight is 497 g/mol. The van der Waals surface area contributed by atoms with Crippen LogP contribution in [0.5, 0.6) is 0 Å². The van der Waals surface area contributed by atoms with Crippen molar-refractivity contribution in [3.63, 3.8) is 0 Å². The molecule has 2 N–H and O–H groups in total. The van der Waals surface area contributed by atoms with Crippen LogP contribution in [0, 0.1) is 0 Å². The standard InChI is InChI=1S/C26H36N6O4/c1-26(2,3)36-25(35)29-21-13-11-17(30-31-27)15-18-12-14-22(32(18)24(21)34)23(33)28-20-10-6-8-16-7-4-5-9-19(16)20/h4-5,7,9,17-18,20-22H,6,8,10-15H2,1-3H3,(H,28,33)(H,29,35)/t17-,18-,20-,21+,22+/m1/s1. The van der Waals surface area contributed by atoms with Crippen molar-refractivity contribution < 1.29 is 19.1 Å². The summed E-state index contributed by atoms with van der Waals surface area (Å²) < 4.78 is 5.37. The molecule has 36 heavy (non-hydrogen) atoms. The van der Waals surface area contributed by atoms with Crippen LogP contribution in [0.15, 0.2) is 29.4 Å². The Kier molecular flexibility index (Phi) is 7.73. The van der Waals surface area contributed by atoms with E-state index in [-0.39, 0.29) is 29.9 Å². The summed E-state index contributed by atoms with van der Waals surface area (Å²) in [4.78, 5) is 44.4. The molecule has 0 spiro atoms. The number of fused-ring (bicyclic) bond motifs is 2. The van der Waals surface area contributed by atoms with Crippen molar-refractivity contribution in [2.45, 2.75) is 108 Å². The van der Waals surface area contributed by atoms with E-state index in [4.69, 9.17) is 10.3 Å². The second kappa shape index (κ2) is 10.8. The molecule has 1 aromatic rings. The van der Waals surface area contributed by atoms with Crippen LogP contribution in [0.3, 0.4) is 0 Å². The smallest absolute Gasteiger partial charge is 0.408 e. The van der Waals surface area contributed by atoms with Gasteiger partial charge in [0.05, 0.1) is 6.04 Å². The number of ether oxygens (including phenoxy) is 1. The Labute approximate surface area is 211 Å². The maximum atomic E-state index is 13.7. The quantitative estimate of drug-likeness (QED) is 0.365. The minimum Gasteiger partial charge on any atom is -0.444 e. The van der Waals surface area contributed by atoms with E-state index in [2.05, 4.69) is 32.8 Å². The number of benzene rings is 1. The van der Waals surface area contributed by atoms with Gasteiger partial charge in [0.1, 0.15) is 17.7 Å². The highest BCUT2D eigenvalue weighted by molar-refractivity contribution is 5.92. The number of azide groups is 1. The Hall–Kier alpha value is -3.26. The summed E-state index contributed by atoms with van der Waals surface area (Å²) in [6.07, 6.45) is 4.61. The highest BCUT2D eigenvalue weighted by atomic mass is 16.6. The van der Waals surface area contributed by atoms with E-state index < -0.39 is 23.8 Å². The molecule has 0 bridgehead atoms. The first-order valence-electron chi connectivity index (χ1n) is 12.9. The molecule has 3 amide bonds. The number of hydrogen-bond donors (Lipinski definition) is 2. The van der Waals surface area contributed by atoms with E-state index in [9.17, 15) is 14.4 Å². The van der Waals surface area contributed by atoms with Gasteiger partial charge in [-0.05, 0) is 88.8 Å². The molecule has 194 valence electrons. The molecular formula is C26H36N6O4. The molecule has 1 aliphatic carbocycles. The van der Waals surface area contributed by atoms with Gasteiger partial charge in [0.25, 0.3) is 0 Å². The highest BCUT2D eigenvalue weighted by Crippen LogP contribution is 2.34. The molecule has 4 rings (SSSR count). The molecule has 2 saturated heterocycles. The predicted octanol–water partition coefficient (Wildman–Crippen LogP) is 4.30. The van der Waals surface area contributed by atoms with E-state index in [0.29, 0.717) is 32.1 Å². The number of aryl methyl sites for hydroxylation is 1. The summed E-state index contributed by atoms with van der Waals surface area (Å²) in [5, 5.41) is 9.84. The number of nitrogens with zero attached hydrogens (tertiary/aromatic N) is 4. The van der Waals surface area contributed by atoms with Crippen molar-refractivity contribution in [1.29, 1.82) is 0 Å². The van der Waals surface area contributed by atoms with Crippen LogP contribution in [-0.4, -0.2) is 52.6 Å². The normalized spacial score (nSPS) is 28.0. The zero-order valence-corrected chi connectivity index (χ0v) is 21.3. The molecule has 0 aromatic heterocycles. The van der Waals surface area contributed by atoms with E-state index in [1.165, 1.54) is 5.56 Å². The summed E-state index contributed by atoms with van der Waals surface area (Å²) in [5.74, 6) is -0.462. The number of carbonyl (C=O) groups is 3. The second-order valence-corrected chi connectivity index (χ2v) is 11.0. The van der Waals surface area contributed by atoms with E-state index >= 15 is 0 Å². The summed E-state index contributed by atoms with van der Waals surface area (Å²) >= 11 is 0. The van der Waals surface area contributed by atoms with Gasteiger partial charge in [0.2, 0.25) is 11.8 Å². The van der Waals surface area contributed by atoms with E-state index in [0.717, 1.165) is 24.8 Å². The summed E-state index contributed by atoms with van der Waals surface area (Å²) in [6.45, 7) is 5.26. The minimum absolute atomic E-state index is 0.0852. The van der Waals surface area contributed by atoms with Crippen molar-refractivity contribution in [1.82, 2.24) is 15.5 Å². The molecule has 2 aliphatic heterocycles. The maximum absolute atomic E-state index is 13.7. The molecule has 0 unspecified atom stereocenters. The van der Waals surface area contributed by atoms with Gasteiger partial charge in [-0.25, -0.2) is 4.79 Å². The van der Waals surface area contributed by atoms with Crippen LogP contribution < -0.4 is 10.6 Å². The van der Waals surface area contributed by atoms with Gasteiger partial charge < -0.3 is 20.3 Å². The number of amides is 3. The summed E-state index contributed by atoms with van der Waals surface area (Å²) in [7, 11) is 0. The lowest BCUT2D eigenvalue weighted by atomic mass is 9.87. The largest absolute Gasteiger partial charge is 0.444 e. The van der Waals surface area contributed by atoms with Gasteiger partial charge in [0.15, 0.2) is 0 Å². The molecule has 10 heteroatoms. The van der Waals surface area contributed by atoms with E-state index in [1.54, 1.807) is 25.7 Å². The molecule has 10 nitrogen and oxygen atoms in total. The number of alkyl carbamates (subject to hydrolysis) is 1. The number of carbonyl (C=O) groups excluding carboxylic acids is 3. The third-order valence-corrected chi connectivity index (χ3v) is 7.28. The summed E-state index contributed by atoms with van der Waals surface area (Å²) in [6, 6.07) is 6.04. The first kappa shape index (κ1) is 25.8. The first-order valence-corrected chi connectivity index (χ1v) is 12.9. The van der Waals surface area contributed by atoms with Crippen LogP contribution in [0.25, 0.3) is 10.4 Å². The zero-order valence-electron chi connectivity index (χ0n) is 21.3. The predicted molar refractivity (Wildman–Crippen MR) is 134 cm³/mol. The van der Waals surface area contributed by atoms with Crippen molar-refractivity contribution >= 4 is 17.9 Å². The molecule has 0 radical (unpaired) electrons. The van der Waals surface area contributed by atoms with E-state index in [1.807, 2.05) is 12.1 Å². The fraction of sp³-hybridized carbons (Fsp3) is 0.654. The molecule has 0 saturated carbocycles. The van der Waals surface area contributed by atoms with Gasteiger partial charge in [0, 0.05) is 17.0 Å². The fourth-order valence-corrected chi connectivity index (χ4v) is 5.73. The molecule has 2 heterocycles. The number of hydrogen-bond acceptors (Lipinski definition) is 5. The Balaban J connectivity index is 1.54. The van der Waals surface area contributed by atoms with Crippen molar-refractivity contribution in [3.05, 3.63) is 45.8 Å². The molecule has 2 fully saturated rings. The summed E-state index contributed by atoms with van der Waals surface area (Å²) in [5.41, 5.74) is 10.7. The minimum atomic E-state index is -0.858. The van der Waals surface area contributed by atoms with Gasteiger partial charge >= 0.3 is 6.09 Å². The average Bonchev–Trinajstić information content (AvgIpc) is 3.23. The van der Waals surface area contributed by atoms with Crippen LogP contribution in [0.1, 0.15) is 82.9 Å². The van der Waals surface area contributed by atoms with Crippen LogP contribution in [-0.2, 0) is 20.7 Å². The van der Waals surface area contributed by atoms with Gasteiger partial charge in [-0.15, -0.1) is 0 Å². The Morgan fingerprint density at radius 3 is 2.61 bits per heavy atom. The topological polar surface area (TPSA) is 136 Å². The molecule has 3 aliphatic rings. The lowest BCUT2D eigenvalue weighted by Gasteiger charge is -2.37. The molecule has 5 atom stereocenters. The van der Waals surface area contributed by atoms with Gasteiger partial charge in [-0.2, -0.15) is 0 Å². The van der Waals surface area contributed by atoms with Gasteiger partial charge in [-0.3, -0.25) is 9.59 Å². The Morgan fingerprint density at radius 1 is 1.08 bits per heavy atom. The van der Waals surface area contributed by atoms with Crippen LogP contribution in [0.2, 0.25) is 0 Å². The Bertz CT molecular complexity index is 1050. The monoisotopic (exact) mass is 496 g/mol. The zero-order chi connectivity index (χ0) is 25.9. The lowest BCUT2D eigenvalue weighted by molar-refractivity contribution is -0.143. The maximum Gasteiger partial charge on any atom is 0.408 e. The third kappa shape index (κ3) is 5.93. The van der Waals surface area contributed by atoms with Crippen molar-refractivity contribution in [2.75, 3.05) is 0 Å². The van der Waals surface area contributed by atoms with Crippen LogP contribution in [0.4, 0.5) is 4.79 Å². The second-order valence-electron chi connectivity index (χ2n) is 11.0. The van der Waals surface area contributed by atoms with Gasteiger partial charge in [-0.1, -0.05) is 29.4 Å². The fourth-order valence-electron chi connectivity index (χ4n) is 5.73. The third-order valence-electron chi connectivity index (χ3n) is 7.28. The molecular weight excluding hydrogens is 460 g/mol. The number of nitrogens with one attached hydrogen (secondary N) is 2. The lowest BCUT2D eigenvalue weighted by Crippen LogP contribution is -2.57. The molecule has 1 aromatic carbocycles. The van der Waals surface area contributed by atoms with Crippen molar-refractivity contribution in [2.24, 2.45) is 5.11 Å². The van der Waals surface area contributed by atoms with Crippen LogP contribution >= 0.6 is 0 Å². The Morgan fingerprint density at radius 2 is 1.86 bits per heavy atom. The van der Waals surface area contributed by atoms with Crippen molar-refractivity contribution in [3.8, 4) is 0 Å². The SMILES string of the molecule is CC(C)(C)OC(=O)N[C@H]1CC[C@@H](N=[N+]=[N-])C[C@H]2CC[C@@H](C(=O)N[C@@H]3CCCc4ccccc43)N2C1=O. The number of rotatable bonds is 4.